The number of benzene rings is 1. The summed E-state index contributed by atoms with van der Waals surface area (Å²) in [6.07, 6.45) is 1.49. The largest absolute Gasteiger partial charge is 0.493 e. The second-order valence-corrected chi connectivity index (χ2v) is 10.7. The van der Waals surface area contributed by atoms with E-state index in [2.05, 4.69) is 4.99 Å². The number of thioether (sulfide) groups is 1. The van der Waals surface area contributed by atoms with Gasteiger partial charge in [0.1, 0.15) is 0 Å². The van der Waals surface area contributed by atoms with Crippen LogP contribution in [-0.4, -0.2) is 61.4 Å². The van der Waals surface area contributed by atoms with Crippen LogP contribution in [-0.2, 0) is 21.2 Å². The number of nitrogens with zero attached hydrogens (tertiary/aromatic N) is 2. The van der Waals surface area contributed by atoms with Crippen molar-refractivity contribution in [3.63, 3.8) is 0 Å². The normalized spacial score (nSPS) is 24.2. The molecule has 9 heteroatoms. The Morgan fingerprint density at radius 3 is 2.52 bits per heavy atom. The Hall–Kier alpha value is -1.74. The molecule has 2 heterocycles. The number of methoxy groups -OCH3 is 2. The molecule has 0 radical (unpaired) electrons. The Morgan fingerprint density at radius 2 is 1.90 bits per heavy atom. The van der Waals surface area contributed by atoms with Crippen LogP contribution in [0.4, 0.5) is 0 Å². The molecule has 3 rings (SSSR count). The zero-order valence-corrected chi connectivity index (χ0v) is 18.9. The minimum absolute atomic E-state index is 0.0894. The van der Waals surface area contributed by atoms with E-state index in [-0.39, 0.29) is 34.6 Å². The number of aliphatic imine (C=N–C) groups is 1. The third-order valence-electron chi connectivity index (χ3n) is 5.52. The maximum Gasteiger partial charge on any atom is 0.251 e. The summed E-state index contributed by atoms with van der Waals surface area (Å²) in [4.78, 5) is 19.0. The number of carbonyl (C=O) groups is 1. The Labute approximate surface area is 176 Å². The smallest absolute Gasteiger partial charge is 0.251 e. The number of sulfone groups is 1. The molecule has 0 spiro atoms. The van der Waals surface area contributed by atoms with Gasteiger partial charge in [0.25, 0.3) is 5.91 Å². The molecule has 0 aromatic heterocycles. The first-order valence-electron chi connectivity index (χ1n) is 9.79. The number of hydrogen-bond donors (Lipinski definition) is 0. The molecule has 2 fully saturated rings. The zero-order chi connectivity index (χ0) is 21.2. The second kappa shape index (κ2) is 8.95. The molecule has 7 nitrogen and oxygen atoms in total. The summed E-state index contributed by atoms with van der Waals surface area (Å²) >= 11 is 1.42. The van der Waals surface area contributed by atoms with Crippen LogP contribution in [0.5, 0.6) is 11.5 Å². The topological polar surface area (TPSA) is 85.3 Å². The number of ether oxygens (including phenoxy) is 2. The lowest BCUT2D eigenvalue weighted by Gasteiger charge is -2.25. The van der Waals surface area contributed by atoms with Crippen LogP contribution in [0, 0.1) is 5.92 Å². The molecular formula is C20H28N2O5S2. The quantitative estimate of drug-likeness (QED) is 0.644. The van der Waals surface area contributed by atoms with Gasteiger partial charge in [0, 0.05) is 17.7 Å². The molecule has 0 saturated carbocycles. The van der Waals surface area contributed by atoms with Gasteiger partial charge in [0.15, 0.2) is 26.5 Å². The zero-order valence-electron chi connectivity index (χ0n) is 17.3. The van der Waals surface area contributed by atoms with Gasteiger partial charge >= 0.3 is 0 Å². The fourth-order valence-electron chi connectivity index (χ4n) is 3.82. The first-order valence-corrected chi connectivity index (χ1v) is 12.5. The van der Waals surface area contributed by atoms with Crippen LogP contribution in [0.2, 0.25) is 0 Å². The summed E-state index contributed by atoms with van der Waals surface area (Å²) in [5.41, 5.74) is 0.941. The van der Waals surface area contributed by atoms with Gasteiger partial charge in [0.05, 0.1) is 31.8 Å². The maximum absolute atomic E-state index is 12.6. The van der Waals surface area contributed by atoms with Crippen LogP contribution in [0.3, 0.4) is 0 Å². The fraction of sp³-hybridized carbons (Fsp3) is 0.600. The fourth-order valence-corrected chi connectivity index (χ4v) is 7.78. The number of hydrogen-bond acceptors (Lipinski definition) is 6. The molecule has 29 heavy (non-hydrogen) atoms. The molecule has 0 aliphatic carbocycles. The van der Waals surface area contributed by atoms with Crippen molar-refractivity contribution in [2.45, 2.75) is 44.5 Å². The number of carbonyl (C=O) groups excluding carboxylic acids is 1. The number of rotatable bonds is 7. The van der Waals surface area contributed by atoms with Crippen molar-refractivity contribution in [3.05, 3.63) is 23.8 Å². The molecule has 2 saturated heterocycles. The third-order valence-corrected chi connectivity index (χ3v) is 8.76. The van der Waals surface area contributed by atoms with Gasteiger partial charge in [-0.15, -0.1) is 0 Å². The van der Waals surface area contributed by atoms with Crippen molar-refractivity contribution >= 4 is 32.7 Å². The number of amides is 1. The lowest BCUT2D eigenvalue weighted by atomic mass is 10.0. The van der Waals surface area contributed by atoms with Crippen LogP contribution in [0.1, 0.15) is 32.3 Å². The molecule has 0 bridgehead atoms. The predicted molar refractivity (Wildman–Crippen MR) is 115 cm³/mol. The van der Waals surface area contributed by atoms with Crippen molar-refractivity contribution in [3.8, 4) is 11.5 Å². The van der Waals surface area contributed by atoms with Gasteiger partial charge in [-0.05, 0) is 30.5 Å². The van der Waals surface area contributed by atoms with Gasteiger partial charge in [-0.1, -0.05) is 31.7 Å². The molecule has 2 atom stereocenters. The maximum atomic E-state index is 12.6. The van der Waals surface area contributed by atoms with E-state index >= 15 is 0 Å². The van der Waals surface area contributed by atoms with Crippen molar-refractivity contribution < 1.29 is 22.7 Å². The number of amidine groups is 1. The van der Waals surface area contributed by atoms with Crippen molar-refractivity contribution in [2.75, 3.05) is 25.7 Å². The highest BCUT2D eigenvalue weighted by molar-refractivity contribution is 8.15. The van der Waals surface area contributed by atoms with E-state index in [9.17, 15) is 13.2 Å². The molecule has 160 valence electrons. The van der Waals surface area contributed by atoms with Gasteiger partial charge in [0.2, 0.25) is 0 Å². The molecule has 1 aromatic rings. The van der Waals surface area contributed by atoms with Gasteiger partial charge < -0.3 is 14.4 Å². The van der Waals surface area contributed by atoms with E-state index in [1.165, 1.54) is 11.8 Å². The van der Waals surface area contributed by atoms with Gasteiger partial charge in [-0.25, -0.2) is 8.42 Å². The van der Waals surface area contributed by atoms with E-state index in [1.807, 2.05) is 36.9 Å². The second-order valence-electron chi connectivity index (χ2n) is 7.36. The summed E-state index contributed by atoms with van der Waals surface area (Å²) in [7, 11) is 0.0788. The van der Waals surface area contributed by atoms with Crippen LogP contribution >= 0.6 is 11.8 Å². The highest BCUT2D eigenvalue weighted by Crippen LogP contribution is 2.40. The standard InChI is InChI=1S/C20H28N2O5S2/c1-5-14(6-2)19(23)21-20-22(15-11-29(24,25)12-18(15)28-20)10-13-7-8-16(26-3)17(9-13)27-4/h7-9,14-15,18H,5-6,10-12H2,1-4H3/t15-,18-/m1/s1. The van der Waals surface area contributed by atoms with Crippen LogP contribution in [0.25, 0.3) is 0 Å². The average molecular weight is 441 g/mol. The summed E-state index contributed by atoms with van der Waals surface area (Å²) < 4.78 is 35.0. The lowest BCUT2D eigenvalue weighted by molar-refractivity contribution is -0.121. The molecule has 2 aliphatic rings. The molecule has 0 N–H and O–H groups in total. The summed E-state index contributed by atoms with van der Waals surface area (Å²) in [5, 5.41) is 0.537. The van der Waals surface area contributed by atoms with E-state index < -0.39 is 9.84 Å². The van der Waals surface area contributed by atoms with Crippen LogP contribution < -0.4 is 9.47 Å². The molecule has 2 aliphatic heterocycles. The molecule has 1 amide bonds. The Bertz CT molecular complexity index is 896. The minimum Gasteiger partial charge on any atom is -0.493 e. The average Bonchev–Trinajstić information content (AvgIpc) is 3.14. The summed E-state index contributed by atoms with van der Waals surface area (Å²) in [6, 6.07) is 5.45. The summed E-state index contributed by atoms with van der Waals surface area (Å²) in [5.74, 6) is 1.23. The highest BCUT2D eigenvalue weighted by Gasteiger charge is 2.48. The first kappa shape index (κ1) is 22.0. The minimum atomic E-state index is -3.08. The predicted octanol–water partition coefficient (Wildman–Crippen LogP) is 2.74. The van der Waals surface area contributed by atoms with Crippen molar-refractivity contribution in [2.24, 2.45) is 10.9 Å². The first-order chi connectivity index (χ1) is 13.8. The Balaban J connectivity index is 1.91. The lowest BCUT2D eigenvalue weighted by Crippen LogP contribution is -2.37. The van der Waals surface area contributed by atoms with Gasteiger partial charge in [-0.3, -0.25) is 4.79 Å². The molecule has 1 aromatic carbocycles. The Kier molecular flexibility index (Phi) is 6.78. The SMILES string of the molecule is CCC(CC)C(=O)N=C1S[C@@H]2CS(=O)(=O)C[C@H]2N1Cc1ccc(OC)c(OC)c1. The van der Waals surface area contributed by atoms with Gasteiger partial charge in [-0.2, -0.15) is 4.99 Å². The Morgan fingerprint density at radius 1 is 1.21 bits per heavy atom. The van der Waals surface area contributed by atoms with E-state index in [1.54, 1.807) is 14.2 Å². The van der Waals surface area contributed by atoms with E-state index in [0.717, 1.165) is 18.4 Å². The van der Waals surface area contributed by atoms with Crippen molar-refractivity contribution in [1.82, 2.24) is 4.90 Å². The van der Waals surface area contributed by atoms with E-state index in [0.29, 0.717) is 23.2 Å². The number of fused-ring (bicyclic) bond motifs is 1. The molecular weight excluding hydrogens is 412 g/mol. The molecule has 0 unspecified atom stereocenters. The monoisotopic (exact) mass is 440 g/mol. The summed E-state index contributed by atoms with van der Waals surface area (Å²) in [6.45, 7) is 4.42. The van der Waals surface area contributed by atoms with E-state index in [4.69, 9.17) is 9.47 Å². The van der Waals surface area contributed by atoms with Crippen LogP contribution in [0.15, 0.2) is 23.2 Å². The highest BCUT2D eigenvalue weighted by atomic mass is 32.2. The third kappa shape index (κ3) is 4.71. The van der Waals surface area contributed by atoms with Crippen molar-refractivity contribution in [1.29, 1.82) is 0 Å².